The van der Waals surface area contributed by atoms with E-state index in [2.05, 4.69) is 5.10 Å². The molecule has 5 nitrogen and oxygen atoms in total. The van der Waals surface area contributed by atoms with Crippen LogP contribution in [0.2, 0.25) is 0 Å². The van der Waals surface area contributed by atoms with Gasteiger partial charge in [-0.3, -0.25) is 0 Å². The van der Waals surface area contributed by atoms with Gasteiger partial charge in [0.2, 0.25) is 0 Å². The van der Waals surface area contributed by atoms with Gasteiger partial charge in [-0.15, -0.1) is 0 Å². The highest BCUT2D eigenvalue weighted by molar-refractivity contribution is 7.90. The number of aliphatic hydroxyl groups excluding tert-OH is 1. The van der Waals surface area contributed by atoms with Crippen molar-refractivity contribution in [2.75, 3.05) is 6.26 Å². The predicted molar refractivity (Wildman–Crippen MR) is 62.6 cm³/mol. The Hall–Kier alpha value is -1.73. The van der Waals surface area contributed by atoms with E-state index < -0.39 is 15.7 Å². The van der Waals surface area contributed by atoms with Gasteiger partial charge in [-0.05, 0) is 23.8 Å². The molecule has 2 aromatic rings. The van der Waals surface area contributed by atoms with Crippen molar-refractivity contribution in [2.45, 2.75) is 11.5 Å². The van der Waals surface area contributed by atoms with Crippen LogP contribution in [-0.4, -0.2) is 29.6 Å². The molecule has 0 atom stereocenters. The molecular formula is C11H11FN2O3S. The van der Waals surface area contributed by atoms with Crippen molar-refractivity contribution in [3.8, 4) is 5.69 Å². The summed E-state index contributed by atoms with van der Waals surface area (Å²) in [6.45, 7) is -0.301. The second-order valence-corrected chi connectivity index (χ2v) is 5.88. The molecule has 96 valence electrons. The highest BCUT2D eigenvalue weighted by atomic mass is 32.2. The first-order valence-corrected chi connectivity index (χ1v) is 6.95. The molecule has 0 unspecified atom stereocenters. The summed E-state index contributed by atoms with van der Waals surface area (Å²) in [5, 5.41) is 12.8. The van der Waals surface area contributed by atoms with Crippen molar-refractivity contribution in [2.24, 2.45) is 0 Å². The SMILES string of the molecule is CS(=O)(=O)c1cnn(-c2cc(F)cc(CO)c2)c1. The Kier molecular flexibility index (Phi) is 3.18. The van der Waals surface area contributed by atoms with Crippen LogP contribution in [0.3, 0.4) is 0 Å². The standard InChI is InChI=1S/C11H11FN2O3S/c1-18(16,17)11-5-13-14(6-11)10-3-8(7-15)2-9(12)4-10/h2-6,15H,7H2,1H3. The first kappa shape index (κ1) is 12.7. The summed E-state index contributed by atoms with van der Waals surface area (Å²) in [5.41, 5.74) is 0.746. The van der Waals surface area contributed by atoms with E-state index in [4.69, 9.17) is 5.11 Å². The van der Waals surface area contributed by atoms with Gasteiger partial charge in [0.25, 0.3) is 0 Å². The lowest BCUT2D eigenvalue weighted by Gasteiger charge is -2.04. The Labute approximate surface area is 103 Å². The van der Waals surface area contributed by atoms with E-state index in [-0.39, 0.29) is 11.5 Å². The van der Waals surface area contributed by atoms with Crippen LogP contribution in [0, 0.1) is 5.82 Å². The van der Waals surface area contributed by atoms with Crippen molar-refractivity contribution in [3.05, 3.63) is 42.0 Å². The van der Waals surface area contributed by atoms with E-state index in [1.165, 1.54) is 35.3 Å². The Balaban J connectivity index is 2.49. The zero-order valence-corrected chi connectivity index (χ0v) is 10.4. The number of halogens is 1. The highest BCUT2D eigenvalue weighted by Crippen LogP contribution is 2.15. The van der Waals surface area contributed by atoms with Crippen LogP contribution in [0.1, 0.15) is 5.56 Å². The van der Waals surface area contributed by atoms with Crippen LogP contribution in [0.4, 0.5) is 4.39 Å². The van der Waals surface area contributed by atoms with Crippen LogP contribution in [-0.2, 0) is 16.4 Å². The van der Waals surface area contributed by atoms with Crippen molar-refractivity contribution in [3.63, 3.8) is 0 Å². The quantitative estimate of drug-likeness (QED) is 0.899. The number of nitrogens with zero attached hydrogens (tertiary/aromatic N) is 2. The Morgan fingerprint density at radius 3 is 2.67 bits per heavy atom. The fourth-order valence-corrected chi connectivity index (χ4v) is 2.03. The maximum absolute atomic E-state index is 13.3. The lowest BCUT2D eigenvalue weighted by molar-refractivity contribution is 0.281. The van der Waals surface area contributed by atoms with Crippen LogP contribution >= 0.6 is 0 Å². The van der Waals surface area contributed by atoms with Gasteiger partial charge in [-0.2, -0.15) is 5.10 Å². The van der Waals surface area contributed by atoms with E-state index in [0.717, 1.165) is 6.26 Å². The molecule has 0 fully saturated rings. The van der Waals surface area contributed by atoms with Crippen LogP contribution in [0.15, 0.2) is 35.5 Å². The highest BCUT2D eigenvalue weighted by Gasteiger charge is 2.11. The largest absolute Gasteiger partial charge is 0.392 e. The molecule has 1 heterocycles. The summed E-state index contributed by atoms with van der Waals surface area (Å²) in [4.78, 5) is 0.0531. The van der Waals surface area contributed by atoms with Gasteiger partial charge in [0.05, 0.1) is 18.5 Å². The van der Waals surface area contributed by atoms with Crippen LogP contribution < -0.4 is 0 Å². The normalized spacial score (nSPS) is 11.7. The Bertz CT molecular complexity index is 679. The zero-order valence-electron chi connectivity index (χ0n) is 9.54. The van der Waals surface area contributed by atoms with Crippen molar-refractivity contribution >= 4 is 9.84 Å². The smallest absolute Gasteiger partial charge is 0.178 e. The van der Waals surface area contributed by atoms with E-state index >= 15 is 0 Å². The lowest BCUT2D eigenvalue weighted by Crippen LogP contribution is -1.98. The molecule has 0 bridgehead atoms. The number of hydrogen-bond acceptors (Lipinski definition) is 4. The van der Waals surface area contributed by atoms with Crippen LogP contribution in [0.25, 0.3) is 5.69 Å². The third-order valence-corrected chi connectivity index (χ3v) is 3.44. The number of hydrogen-bond donors (Lipinski definition) is 1. The summed E-state index contributed by atoms with van der Waals surface area (Å²) in [7, 11) is -3.34. The average molecular weight is 270 g/mol. The van der Waals surface area contributed by atoms with E-state index in [9.17, 15) is 12.8 Å². The molecule has 0 spiro atoms. The maximum Gasteiger partial charge on any atom is 0.178 e. The summed E-state index contributed by atoms with van der Waals surface area (Å²) >= 11 is 0. The zero-order chi connectivity index (χ0) is 13.3. The van der Waals surface area contributed by atoms with Gasteiger partial charge in [0, 0.05) is 12.5 Å². The maximum atomic E-state index is 13.3. The number of sulfone groups is 1. The van der Waals surface area contributed by atoms with Gasteiger partial charge in [-0.1, -0.05) is 0 Å². The Morgan fingerprint density at radius 1 is 1.39 bits per heavy atom. The average Bonchev–Trinajstić information content (AvgIpc) is 2.77. The molecule has 0 saturated heterocycles. The van der Waals surface area contributed by atoms with Crippen LogP contribution in [0.5, 0.6) is 0 Å². The minimum Gasteiger partial charge on any atom is -0.392 e. The minimum atomic E-state index is -3.34. The summed E-state index contributed by atoms with van der Waals surface area (Å²) in [6, 6.07) is 3.94. The number of aromatic nitrogens is 2. The van der Waals surface area contributed by atoms with Gasteiger partial charge >= 0.3 is 0 Å². The second-order valence-electron chi connectivity index (χ2n) is 3.87. The number of benzene rings is 1. The summed E-state index contributed by atoms with van der Waals surface area (Å²) in [5.74, 6) is -0.520. The van der Waals surface area contributed by atoms with Crippen molar-refractivity contribution < 1.29 is 17.9 Å². The molecule has 0 aliphatic rings. The molecule has 2 rings (SSSR count). The number of aliphatic hydroxyl groups is 1. The lowest BCUT2D eigenvalue weighted by atomic mass is 10.2. The van der Waals surface area contributed by atoms with E-state index in [1.54, 1.807) is 0 Å². The van der Waals surface area contributed by atoms with Gasteiger partial charge in [-0.25, -0.2) is 17.5 Å². The molecule has 1 aromatic carbocycles. The fourth-order valence-electron chi connectivity index (χ4n) is 1.50. The topological polar surface area (TPSA) is 72.2 Å². The third kappa shape index (κ3) is 2.57. The van der Waals surface area contributed by atoms with Gasteiger partial charge < -0.3 is 5.11 Å². The van der Waals surface area contributed by atoms with Gasteiger partial charge in [0.15, 0.2) is 9.84 Å². The third-order valence-electron chi connectivity index (χ3n) is 2.38. The summed E-state index contributed by atoms with van der Waals surface area (Å²) < 4.78 is 37.1. The molecule has 7 heteroatoms. The van der Waals surface area contributed by atoms with Crippen molar-refractivity contribution in [1.82, 2.24) is 9.78 Å². The molecule has 0 saturated carbocycles. The molecule has 18 heavy (non-hydrogen) atoms. The molecular weight excluding hydrogens is 259 g/mol. The van der Waals surface area contributed by atoms with E-state index in [0.29, 0.717) is 11.3 Å². The predicted octanol–water partition coefficient (Wildman–Crippen LogP) is 0.907. The molecule has 0 aliphatic carbocycles. The van der Waals surface area contributed by atoms with E-state index in [1.807, 2.05) is 0 Å². The molecule has 0 amide bonds. The molecule has 0 radical (unpaired) electrons. The summed E-state index contributed by atoms with van der Waals surface area (Å²) in [6.07, 6.45) is 3.56. The molecule has 1 N–H and O–H groups in total. The van der Waals surface area contributed by atoms with Gasteiger partial charge in [0.1, 0.15) is 10.7 Å². The van der Waals surface area contributed by atoms with Crippen molar-refractivity contribution in [1.29, 1.82) is 0 Å². The monoisotopic (exact) mass is 270 g/mol. The first-order chi connectivity index (χ1) is 8.40. The minimum absolute atomic E-state index is 0.0531. The molecule has 1 aromatic heterocycles. The molecule has 0 aliphatic heterocycles. The number of rotatable bonds is 3. The first-order valence-electron chi connectivity index (χ1n) is 5.05. The fraction of sp³-hybridized carbons (Fsp3) is 0.182. The second kappa shape index (κ2) is 4.51. The Morgan fingerprint density at radius 2 is 2.11 bits per heavy atom.